The minimum absolute atomic E-state index is 0.204. The predicted octanol–water partition coefficient (Wildman–Crippen LogP) is 6.35. The van der Waals surface area contributed by atoms with E-state index >= 15 is 0 Å². The van der Waals surface area contributed by atoms with Gasteiger partial charge in [0.15, 0.2) is 0 Å². The largest absolute Gasteiger partial charge is 0.322 e. The van der Waals surface area contributed by atoms with E-state index in [0.717, 1.165) is 12.0 Å². The number of para-hydroxylation sites is 1. The van der Waals surface area contributed by atoms with Gasteiger partial charge in [-0.25, -0.2) is 9.78 Å². The lowest BCUT2D eigenvalue weighted by Gasteiger charge is -2.30. The molecule has 0 aliphatic rings. The van der Waals surface area contributed by atoms with Crippen LogP contribution in [0.4, 0.5) is 10.5 Å². The number of fused-ring (bicyclic) bond motifs is 1. The highest BCUT2D eigenvalue weighted by atomic mass is 35.5. The number of carbonyl (C=O) groups excluding carboxylic acids is 1. The molecule has 1 heterocycles. The van der Waals surface area contributed by atoms with E-state index in [0.29, 0.717) is 39.7 Å². The molecular formula is C27H27ClN4O2. The molecule has 2 amide bonds. The molecule has 0 radical (unpaired) electrons. The number of urea groups is 1. The molecule has 0 aliphatic heterocycles. The molecule has 3 aromatic carbocycles. The average Bonchev–Trinajstić information content (AvgIpc) is 2.83. The summed E-state index contributed by atoms with van der Waals surface area (Å²) in [4.78, 5) is 33.5. The van der Waals surface area contributed by atoms with Gasteiger partial charge in [0.2, 0.25) is 0 Å². The Morgan fingerprint density at radius 1 is 1.09 bits per heavy atom. The van der Waals surface area contributed by atoms with Gasteiger partial charge in [-0.15, -0.1) is 0 Å². The first-order valence-electron chi connectivity index (χ1n) is 11.3. The van der Waals surface area contributed by atoms with Crippen molar-refractivity contribution in [2.24, 2.45) is 0 Å². The van der Waals surface area contributed by atoms with E-state index in [9.17, 15) is 9.59 Å². The maximum Gasteiger partial charge on any atom is 0.322 e. The Bertz CT molecular complexity index is 1380. The summed E-state index contributed by atoms with van der Waals surface area (Å²) in [6, 6.07) is 21.2. The Morgan fingerprint density at radius 3 is 2.53 bits per heavy atom. The molecule has 1 unspecified atom stereocenters. The van der Waals surface area contributed by atoms with Crippen LogP contribution < -0.4 is 10.9 Å². The van der Waals surface area contributed by atoms with Gasteiger partial charge < -0.3 is 10.2 Å². The van der Waals surface area contributed by atoms with Gasteiger partial charge in [0.25, 0.3) is 5.56 Å². The van der Waals surface area contributed by atoms with Gasteiger partial charge in [-0.05, 0) is 62.7 Å². The molecule has 0 bridgehead atoms. The molecule has 0 saturated heterocycles. The van der Waals surface area contributed by atoms with Crippen molar-refractivity contribution in [3.8, 4) is 5.69 Å². The number of carbonyl (C=O) groups is 1. The van der Waals surface area contributed by atoms with E-state index in [1.54, 1.807) is 33.7 Å². The molecule has 1 aromatic heterocycles. The number of nitrogens with one attached hydrogen (secondary N) is 1. The van der Waals surface area contributed by atoms with Crippen LogP contribution in [-0.2, 0) is 0 Å². The van der Waals surface area contributed by atoms with Gasteiger partial charge in [-0.1, -0.05) is 54.4 Å². The Hall–Kier alpha value is -3.64. The van der Waals surface area contributed by atoms with Crippen molar-refractivity contribution in [3.63, 3.8) is 0 Å². The van der Waals surface area contributed by atoms with Crippen LogP contribution in [0.2, 0.25) is 5.02 Å². The Labute approximate surface area is 203 Å². The Kier molecular flexibility index (Phi) is 6.98. The highest BCUT2D eigenvalue weighted by Crippen LogP contribution is 2.25. The van der Waals surface area contributed by atoms with Crippen LogP contribution >= 0.6 is 11.6 Å². The van der Waals surface area contributed by atoms with Crippen molar-refractivity contribution in [2.75, 3.05) is 11.9 Å². The van der Waals surface area contributed by atoms with Gasteiger partial charge in [0.05, 0.1) is 22.6 Å². The van der Waals surface area contributed by atoms with Gasteiger partial charge in [-0.2, -0.15) is 0 Å². The summed E-state index contributed by atoms with van der Waals surface area (Å²) in [5, 5.41) is 3.99. The van der Waals surface area contributed by atoms with Crippen molar-refractivity contribution >= 4 is 34.2 Å². The number of nitrogens with zero attached hydrogens (tertiary/aromatic N) is 3. The second kappa shape index (κ2) is 10.1. The first-order chi connectivity index (χ1) is 16.4. The van der Waals surface area contributed by atoms with Crippen LogP contribution in [0, 0.1) is 6.92 Å². The smallest absolute Gasteiger partial charge is 0.315 e. The van der Waals surface area contributed by atoms with E-state index < -0.39 is 6.04 Å². The topological polar surface area (TPSA) is 67.2 Å². The number of aryl methyl sites for hydroxylation is 1. The fraction of sp³-hybridized carbons (Fsp3) is 0.222. The zero-order valence-electron chi connectivity index (χ0n) is 19.5. The Balaban J connectivity index is 1.82. The summed E-state index contributed by atoms with van der Waals surface area (Å²) in [5.41, 5.74) is 2.81. The monoisotopic (exact) mass is 474 g/mol. The number of hydrogen-bond donors (Lipinski definition) is 1. The molecule has 174 valence electrons. The number of aromatic nitrogens is 2. The van der Waals surface area contributed by atoms with Crippen molar-refractivity contribution in [1.29, 1.82) is 0 Å². The Morgan fingerprint density at radius 2 is 1.82 bits per heavy atom. The van der Waals surface area contributed by atoms with E-state index in [2.05, 4.69) is 5.32 Å². The minimum Gasteiger partial charge on any atom is -0.315 e. The third kappa shape index (κ3) is 4.82. The average molecular weight is 475 g/mol. The molecule has 0 fully saturated rings. The molecule has 0 spiro atoms. The van der Waals surface area contributed by atoms with Gasteiger partial charge in [0, 0.05) is 17.3 Å². The second-order valence-electron chi connectivity index (χ2n) is 8.27. The molecule has 1 N–H and O–H groups in total. The summed E-state index contributed by atoms with van der Waals surface area (Å²) < 4.78 is 1.56. The maximum absolute atomic E-state index is 13.6. The highest BCUT2D eigenvalue weighted by Gasteiger charge is 2.26. The number of amides is 2. The molecular weight excluding hydrogens is 448 g/mol. The summed E-state index contributed by atoms with van der Waals surface area (Å²) in [6.45, 7) is 6.40. The summed E-state index contributed by atoms with van der Waals surface area (Å²) in [7, 11) is 0. The first kappa shape index (κ1) is 23.5. The SMILES string of the molecule is CCCN(C(=O)Nc1ccc(C)cc1)C(C)c1nc2ccccc2c(=O)n1-c1cccc(Cl)c1. The zero-order valence-corrected chi connectivity index (χ0v) is 20.2. The number of rotatable bonds is 6. The van der Waals surface area contributed by atoms with E-state index in [1.807, 2.05) is 69.3 Å². The minimum atomic E-state index is -0.485. The summed E-state index contributed by atoms with van der Waals surface area (Å²) in [6.07, 6.45) is 0.751. The van der Waals surface area contributed by atoms with Gasteiger partial charge in [0.1, 0.15) is 5.82 Å². The molecule has 6 nitrogen and oxygen atoms in total. The number of benzene rings is 3. The number of halogens is 1. The zero-order chi connectivity index (χ0) is 24.2. The molecule has 1 atom stereocenters. The lowest BCUT2D eigenvalue weighted by atomic mass is 10.1. The number of anilines is 1. The quantitative estimate of drug-likeness (QED) is 0.354. The van der Waals surface area contributed by atoms with E-state index in [-0.39, 0.29) is 11.6 Å². The third-order valence-electron chi connectivity index (χ3n) is 5.74. The molecule has 34 heavy (non-hydrogen) atoms. The first-order valence-corrected chi connectivity index (χ1v) is 11.7. The second-order valence-corrected chi connectivity index (χ2v) is 8.71. The van der Waals surface area contributed by atoms with Crippen molar-refractivity contribution in [3.05, 3.63) is 99.6 Å². The van der Waals surface area contributed by atoms with Crippen molar-refractivity contribution in [2.45, 2.75) is 33.2 Å². The van der Waals surface area contributed by atoms with Crippen LogP contribution in [0.3, 0.4) is 0 Å². The summed E-state index contributed by atoms with van der Waals surface area (Å²) >= 11 is 6.25. The molecule has 4 aromatic rings. The van der Waals surface area contributed by atoms with Gasteiger partial charge >= 0.3 is 6.03 Å². The number of hydrogen-bond acceptors (Lipinski definition) is 3. The molecule has 0 aliphatic carbocycles. The lowest BCUT2D eigenvalue weighted by Crippen LogP contribution is -2.40. The van der Waals surface area contributed by atoms with Gasteiger partial charge in [-0.3, -0.25) is 9.36 Å². The highest BCUT2D eigenvalue weighted by molar-refractivity contribution is 6.30. The summed E-state index contributed by atoms with van der Waals surface area (Å²) in [5.74, 6) is 0.471. The molecule has 4 rings (SSSR count). The standard InChI is InChI=1S/C27H27ClN4O2/c1-4-16-31(27(34)29-21-14-12-18(2)13-15-21)19(3)25-30-24-11-6-5-10-23(24)26(33)32(25)22-9-7-8-20(28)17-22/h5-15,17,19H,4,16H2,1-3H3,(H,29,34). The van der Waals surface area contributed by atoms with Crippen LogP contribution in [0.25, 0.3) is 16.6 Å². The maximum atomic E-state index is 13.6. The van der Waals surface area contributed by atoms with Crippen molar-refractivity contribution in [1.82, 2.24) is 14.5 Å². The third-order valence-corrected chi connectivity index (χ3v) is 5.97. The molecule has 0 saturated carbocycles. The lowest BCUT2D eigenvalue weighted by molar-refractivity contribution is 0.189. The predicted molar refractivity (Wildman–Crippen MR) is 138 cm³/mol. The normalized spacial score (nSPS) is 11.9. The van der Waals surface area contributed by atoms with Crippen LogP contribution in [0.5, 0.6) is 0 Å². The van der Waals surface area contributed by atoms with Crippen LogP contribution in [0.15, 0.2) is 77.6 Å². The van der Waals surface area contributed by atoms with Crippen molar-refractivity contribution < 1.29 is 4.79 Å². The fourth-order valence-electron chi connectivity index (χ4n) is 3.98. The van der Waals surface area contributed by atoms with E-state index in [4.69, 9.17) is 16.6 Å². The van der Waals surface area contributed by atoms with Crippen LogP contribution in [0.1, 0.15) is 37.7 Å². The van der Waals surface area contributed by atoms with Crippen LogP contribution in [-0.4, -0.2) is 27.0 Å². The van der Waals surface area contributed by atoms with E-state index in [1.165, 1.54) is 0 Å². The molecule has 7 heteroatoms. The fourth-order valence-corrected chi connectivity index (χ4v) is 4.16.